The van der Waals surface area contributed by atoms with Crippen molar-refractivity contribution in [2.75, 3.05) is 18.4 Å². The van der Waals surface area contributed by atoms with Gasteiger partial charge in [0.2, 0.25) is 15.9 Å². The maximum Gasteiger partial charge on any atom is 0.243 e. The number of anilines is 1. The monoisotopic (exact) mass is 472 g/mol. The molecule has 3 rings (SSSR count). The number of rotatable bonds is 4. The van der Waals surface area contributed by atoms with Gasteiger partial charge >= 0.3 is 0 Å². The van der Waals surface area contributed by atoms with E-state index >= 15 is 0 Å². The molecule has 0 radical (unpaired) electrons. The highest BCUT2D eigenvalue weighted by Crippen LogP contribution is 2.28. The summed E-state index contributed by atoms with van der Waals surface area (Å²) in [7, 11) is -3.93. The molecule has 1 N–H and O–H groups in total. The van der Waals surface area contributed by atoms with Crippen LogP contribution in [0.3, 0.4) is 0 Å². The van der Waals surface area contributed by atoms with Crippen molar-refractivity contribution in [1.82, 2.24) is 4.31 Å². The number of nitrogens with zero attached hydrogens (tertiary/aromatic N) is 1. The number of piperidine rings is 1. The van der Waals surface area contributed by atoms with E-state index in [-0.39, 0.29) is 29.8 Å². The van der Waals surface area contributed by atoms with Gasteiger partial charge in [0, 0.05) is 23.5 Å². The summed E-state index contributed by atoms with van der Waals surface area (Å²) in [4.78, 5) is 12.2. The minimum atomic E-state index is -3.93. The molecule has 1 saturated heterocycles. The van der Waals surface area contributed by atoms with E-state index in [9.17, 15) is 22.0 Å². The van der Waals surface area contributed by atoms with Gasteiger partial charge in [-0.05, 0) is 71.6 Å². The van der Waals surface area contributed by atoms with Gasteiger partial charge in [0.25, 0.3) is 0 Å². The highest BCUT2D eigenvalue weighted by Gasteiger charge is 2.32. The van der Waals surface area contributed by atoms with Crippen LogP contribution in [0, 0.1) is 24.5 Å². The smallest absolute Gasteiger partial charge is 0.243 e. The standard InChI is InChI=1S/C19H19BrF2N2O3S/c1-12-2-5-18(15(20)10-12)23-19(25)13-6-8-24(9-7-13)28(26,27)14-3-4-16(21)17(22)11-14/h2-5,10-11,13H,6-9H2,1H3,(H,23,25). The molecule has 5 nitrogen and oxygen atoms in total. The summed E-state index contributed by atoms with van der Waals surface area (Å²) in [5, 5.41) is 2.86. The van der Waals surface area contributed by atoms with Crippen molar-refractivity contribution >= 4 is 37.5 Å². The molecule has 0 spiro atoms. The number of halogens is 3. The Morgan fingerprint density at radius 1 is 1.11 bits per heavy atom. The van der Waals surface area contributed by atoms with Crippen LogP contribution in [-0.2, 0) is 14.8 Å². The van der Waals surface area contributed by atoms with Crippen LogP contribution in [0.5, 0.6) is 0 Å². The van der Waals surface area contributed by atoms with Gasteiger partial charge in [-0.15, -0.1) is 0 Å². The fourth-order valence-corrected chi connectivity index (χ4v) is 5.18. The van der Waals surface area contributed by atoms with Crippen molar-refractivity contribution in [2.24, 2.45) is 5.92 Å². The number of nitrogens with one attached hydrogen (secondary N) is 1. The Morgan fingerprint density at radius 2 is 1.79 bits per heavy atom. The first-order valence-corrected chi connectivity index (χ1v) is 10.9. The van der Waals surface area contributed by atoms with Crippen LogP contribution in [0.4, 0.5) is 14.5 Å². The topological polar surface area (TPSA) is 66.5 Å². The lowest BCUT2D eigenvalue weighted by Gasteiger charge is -2.30. The van der Waals surface area contributed by atoms with Crippen LogP contribution in [0.2, 0.25) is 0 Å². The molecule has 2 aromatic carbocycles. The van der Waals surface area contributed by atoms with E-state index in [4.69, 9.17) is 0 Å². The third-order valence-electron chi connectivity index (χ3n) is 4.74. The lowest BCUT2D eigenvalue weighted by molar-refractivity contribution is -0.120. The highest BCUT2D eigenvalue weighted by molar-refractivity contribution is 9.10. The molecule has 0 aromatic heterocycles. The predicted molar refractivity (Wildman–Crippen MR) is 105 cm³/mol. The van der Waals surface area contributed by atoms with Crippen LogP contribution in [-0.4, -0.2) is 31.7 Å². The van der Waals surface area contributed by atoms with Gasteiger partial charge in [-0.1, -0.05) is 6.07 Å². The maximum atomic E-state index is 13.4. The fourth-order valence-electron chi connectivity index (χ4n) is 3.10. The molecule has 0 saturated carbocycles. The Labute approximate surface area is 170 Å². The first-order chi connectivity index (χ1) is 13.2. The van der Waals surface area contributed by atoms with E-state index in [1.165, 1.54) is 4.31 Å². The first kappa shape index (κ1) is 20.9. The van der Waals surface area contributed by atoms with Gasteiger partial charge in [-0.3, -0.25) is 4.79 Å². The molecule has 1 aliphatic rings. The lowest BCUT2D eigenvalue weighted by Crippen LogP contribution is -2.41. The van der Waals surface area contributed by atoms with Gasteiger partial charge < -0.3 is 5.32 Å². The van der Waals surface area contributed by atoms with Crippen molar-refractivity contribution in [3.8, 4) is 0 Å². The number of hydrogen-bond donors (Lipinski definition) is 1. The van der Waals surface area contributed by atoms with Crippen LogP contribution in [0.1, 0.15) is 18.4 Å². The Bertz CT molecular complexity index is 1010. The predicted octanol–water partition coefficient (Wildman–Crippen LogP) is 4.08. The molecule has 1 aliphatic heterocycles. The van der Waals surface area contributed by atoms with Crippen LogP contribution in [0.15, 0.2) is 45.8 Å². The van der Waals surface area contributed by atoms with Gasteiger partial charge in [0.15, 0.2) is 11.6 Å². The molecule has 0 atom stereocenters. The minimum absolute atomic E-state index is 0.133. The van der Waals surface area contributed by atoms with E-state index in [2.05, 4.69) is 21.2 Å². The third-order valence-corrected chi connectivity index (χ3v) is 7.29. The van der Waals surface area contributed by atoms with Crippen LogP contribution >= 0.6 is 15.9 Å². The summed E-state index contributed by atoms with van der Waals surface area (Å²) in [6.07, 6.45) is 0.691. The second kappa shape index (κ2) is 8.26. The molecule has 28 heavy (non-hydrogen) atoms. The van der Waals surface area contributed by atoms with Crippen molar-refractivity contribution in [3.05, 3.63) is 58.1 Å². The average molecular weight is 473 g/mol. The largest absolute Gasteiger partial charge is 0.325 e. The van der Waals surface area contributed by atoms with E-state index in [1.807, 2.05) is 19.1 Å². The Hall–Kier alpha value is -1.84. The van der Waals surface area contributed by atoms with Crippen LogP contribution < -0.4 is 5.32 Å². The maximum absolute atomic E-state index is 13.4. The zero-order chi connectivity index (χ0) is 20.5. The molecule has 150 valence electrons. The molecule has 9 heteroatoms. The SMILES string of the molecule is Cc1ccc(NC(=O)C2CCN(S(=O)(=O)c3ccc(F)c(F)c3)CC2)c(Br)c1. The van der Waals surface area contributed by atoms with Gasteiger partial charge in [-0.2, -0.15) is 4.31 Å². The summed E-state index contributed by atoms with van der Waals surface area (Å²) < 4.78 is 53.7. The van der Waals surface area contributed by atoms with Crippen molar-refractivity contribution in [3.63, 3.8) is 0 Å². The molecule has 0 unspecified atom stereocenters. The summed E-state index contributed by atoms with van der Waals surface area (Å²) in [6, 6.07) is 8.10. The number of hydrogen-bond acceptors (Lipinski definition) is 3. The van der Waals surface area contributed by atoms with E-state index in [0.717, 1.165) is 22.2 Å². The van der Waals surface area contributed by atoms with Gasteiger partial charge in [0.05, 0.1) is 10.6 Å². The van der Waals surface area contributed by atoms with Crippen molar-refractivity contribution in [2.45, 2.75) is 24.7 Å². The number of aryl methyl sites for hydroxylation is 1. The van der Waals surface area contributed by atoms with Crippen molar-refractivity contribution in [1.29, 1.82) is 0 Å². The molecule has 2 aromatic rings. The Balaban J connectivity index is 1.64. The van der Waals surface area contributed by atoms with E-state index in [1.54, 1.807) is 6.07 Å². The number of sulfonamides is 1. The summed E-state index contributed by atoms with van der Waals surface area (Å²) in [5.74, 6) is -2.81. The Kier molecular flexibility index (Phi) is 6.16. The number of amides is 1. The summed E-state index contributed by atoms with van der Waals surface area (Å²) >= 11 is 3.41. The van der Waals surface area contributed by atoms with E-state index < -0.39 is 21.7 Å². The normalized spacial score (nSPS) is 16.1. The molecular weight excluding hydrogens is 454 g/mol. The number of carbonyl (C=O) groups is 1. The van der Waals surface area contributed by atoms with Gasteiger partial charge in [-0.25, -0.2) is 17.2 Å². The van der Waals surface area contributed by atoms with E-state index in [0.29, 0.717) is 24.6 Å². The number of benzene rings is 2. The minimum Gasteiger partial charge on any atom is -0.325 e. The zero-order valence-electron chi connectivity index (χ0n) is 15.1. The first-order valence-electron chi connectivity index (χ1n) is 8.70. The zero-order valence-corrected chi connectivity index (χ0v) is 17.5. The number of carbonyl (C=O) groups excluding carboxylic acids is 1. The second-order valence-electron chi connectivity index (χ2n) is 6.73. The molecule has 0 aliphatic carbocycles. The highest BCUT2D eigenvalue weighted by atomic mass is 79.9. The third kappa shape index (κ3) is 4.42. The molecule has 1 heterocycles. The molecular formula is C19H19BrF2N2O3S. The molecule has 0 bridgehead atoms. The fraction of sp³-hybridized carbons (Fsp3) is 0.316. The Morgan fingerprint density at radius 3 is 2.39 bits per heavy atom. The summed E-state index contributed by atoms with van der Waals surface area (Å²) in [5.41, 5.74) is 1.72. The van der Waals surface area contributed by atoms with Gasteiger partial charge in [0.1, 0.15) is 0 Å². The van der Waals surface area contributed by atoms with Crippen molar-refractivity contribution < 1.29 is 22.0 Å². The average Bonchev–Trinajstić information content (AvgIpc) is 2.66. The summed E-state index contributed by atoms with van der Waals surface area (Å²) in [6.45, 7) is 2.21. The molecule has 1 amide bonds. The lowest BCUT2D eigenvalue weighted by atomic mass is 9.97. The molecule has 1 fully saturated rings. The quantitative estimate of drug-likeness (QED) is 0.728. The second-order valence-corrected chi connectivity index (χ2v) is 9.52. The van der Waals surface area contributed by atoms with Crippen LogP contribution in [0.25, 0.3) is 0 Å².